The minimum absolute atomic E-state index is 1.14. The van der Waals surface area contributed by atoms with Crippen LogP contribution in [0.3, 0.4) is 0 Å². The van der Waals surface area contributed by atoms with Crippen LogP contribution in [-0.4, -0.2) is 19.1 Å². The first-order valence-electron chi connectivity index (χ1n) is 8.47. The Morgan fingerprint density at radius 3 is 1.68 bits per heavy atom. The largest absolute Gasteiger partial charge is 0.388 e. The third-order valence-electron chi connectivity index (χ3n) is 3.12. The van der Waals surface area contributed by atoms with Crippen LogP contribution in [0.2, 0.25) is 0 Å². The molecule has 1 aromatic heterocycles. The third kappa shape index (κ3) is 12.4. The molecule has 0 aliphatic carbocycles. The third-order valence-corrected chi connectivity index (χ3v) is 3.12. The van der Waals surface area contributed by atoms with Gasteiger partial charge in [-0.25, -0.2) is 0 Å². The predicted molar refractivity (Wildman–Crippen MR) is 111 cm³/mol. The molecule has 0 saturated carbocycles. The minimum Gasteiger partial charge on any atom is -0.388 e. The summed E-state index contributed by atoms with van der Waals surface area (Å²) in [5.74, 6) is 0. The second-order valence-corrected chi connectivity index (χ2v) is 4.99. The standard InChI is InChI=1S/C8H10.C7H9N.C6H7N.CH5N/c1-2-8-6-4-3-5-7-8;1-8-7-5-3-2-4-6-7;1-6-3-2-4-7-5-6;1-2/h3-7H,2H2,1H3;2-6,8H,1H3;2-5H,1H3;2H2,1H3. The van der Waals surface area contributed by atoms with Crippen molar-refractivity contribution in [1.29, 1.82) is 0 Å². The zero-order chi connectivity index (χ0) is 18.8. The molecule has 0 radical (unpaired) electrons. The van der Waals surface area contributed by atoms with Gasteiger partial charge in [0.25, 0.3) is 0 Å². The zero-order valence-electron chi connectivity index (χ0n) is 15.8. The minimum atomic E-state index is 1.14. The van der Waals surface area contributed by atoms with Crippen molar-refractivity contribution in [2.45, 2.75) is 20.3 Å². The maximum absolute atomic E-state index is 4.50. The highest BCUT2D eigenvalue weighted by Crippen LogP contribution is 2.01. The molecule has 0 atom stereocenters. The summed E-state index contributed by atoms with van der Waals surface area (Å²) in [5, 5.41) is 3.03. The van der Waals surface area contributed by atoms with E-state index in [-0.39, 0.29) is 0 Å². The number of nitrogens with one attached hydrogen (secondary N) is 1. The Kier molecular flexibility index (Phi) is 14.5. The van der Waals surface area contributed by atoms with E-state index < -0.39 is 0 Å². The van der Waals surface area contributed by atoms with Gasteiger partial charge in [-0.3, -0.25) is 4.98 Å². The van der Waals surface area contributed by atoms with E-state index in [9.17, 15) is 0 Å². The lowest BCUT2D eigenvalue weighted by molar-refractivity contribution is 1.14. The fourth-order valence-electron chi connectivity index (χ4n) is 1.77. The van der Waals surface area contributed by atoms with Crippen LogP contribution >= 0.6 is 0 Å². The molecule has 3 rings (SSSR count). The summed E-state index contributed by atoms with van der Waals surface area (Å²) < 4.78 is 0. The lowest BCUT2D eigenvalue weighted by atomic mass is 10.2. The van der Waals surface area contributed by atoms with Crippen LogP contribution in [0.15, 0.2) is 85.2 Å². The number of aromatic nitrogens is 1. The van der Waals surface area contributed by atoms with E-state index in [0.717, 1.165) is 12.1 Å². The molecule has 0 spiro atoms. The average molecular weight is 338 g/mol. The number of pyridine rings is 1. The van der Waals surface area contributed by atoms with Crippen molar-refractivity contribution in [3.05, 3.63) is 96.3 Å². The number of hydrogen-bond acceptors (Lipinski definition) is 3. The summed E-state index contributed by atoms with van der Waals surface area (Å²) >= 11 is 0. The fraction of sp³-hybridized carbons (Fsp3) is 0.227. The molecule has 3 N–H and O–H groups in total. The lowest BCUT2D eigenvalue weighted by Crippen LogP contribution is -1.84. The molecule has 3 aromatic rings. The molecule has 0 fully saturated rings. The van der Waals surface area contributed by atoms with E-state index in [2.05, 4.69) is 47.2 Å². The Labute approximate surface area is 152 Å². The van der Waals surface area contributed by atoms with Gasteiger partial charge in [0, 0.05) is 25.1 Å². The first-order valence-corrected chi connectivity index (χ1v) is 8.47. The van der Waals surface area contributed by atoms with Gasteiger partial charge in [-0.05, 0) is 49.7 Å². The van der Waals surface area contributed by atoms with Gasteiger partial charge < -0.3 is 11.1 Å². The van der Waals surface area contributed by atoms with Crippen molar-refractivity contribution in [3.63, 3.8) is 0 Å². The normalized spacial score (nSPS) is 8.36. The van der Waals surface area contributed by atoms with Crippen LogP contribution in [0.1, 0.15) is 18.1 Å². The van der Waals surface area contributed by atoms with Gasteiger partial charge in [-0.2, -0.15) is 0 Å². The Morgan fingerprint density at radius 1 is 0.840 bits per heavy atom. The highest BCUT2D eigenvalue weighted by Gasteiger charge is 1.80. The molecular weight excluding hydrogens is 306 g/mol. The highest BCUT2D eigenvalue weighted by molar-refractivity contribution is 5.41. The van der Waals surface area contributed by atoms with Crippen LogP contribution < -0.4 is 11.1 Å². The molecule has 3 nitrogen and oxygen atoms in total. The number of nitrogens with two attached hydrogens (primary N) is 1. The number of nitrogens with zero attached hydrogens (tertiary/aromatic N) is 1. The summed E-state index contributed by atoms with van der Waals surface area (Å²) in [6, 6.07) is 24.5. The quantitative estimate of drug-likeness (QED) is 0.696. The molecular formula is C22H31N3. The SMILES string of the molecule is CCc1ccccc1.CN.CNc1ccccc1.Cc1cccnc1. The Balaban J connectivity index is 0.000000330. The van der Waals surface area contributed by atoms with Gasteiger partial charge in [-0.15, -0.1) is 0 Å². The number of benzene rings is 2. The first kappa shape index (κ1) is 22.4. The molecule has 0 aliphatic heterocycles. The summed E-state index contributed by atoms with van der Waals surface area (Å²) in [7, 11) is 3.41. The molecule has 2 aromatic carbocycles. The van der Waals surface area contributed by atoms with Crippen molar-refractivity contribution in [2.24, 2.45) is 5.73 Å². The fourth-order valence-corrected chi connectivity index (χ4v) is 1.77. The van der Waals surface area contributed by atoms with Gasteiger partial charge in [0.15, 0.2) is 0 Å². The van der Waals surface area contributed by atoms with Crippen molar-refractivity contribution in [1.82, 2.24) is 4.98 Å². The molecule has 0 bridgehead atoms. The highest BCUT2D eigenvalue weighted by atomic mass is 14.8. The summed E-state index contributed by atoms with van der Waals surface area (Å²) in [4.78, 5) is 3.88. The van der Waals surface area contributed by atoms with Gasteiger partial charge in [0.2, 0.25) is 0 Å². The summed E-state index contributed by atoms with van der Waals surface area (Å²) in [6.07, 6.45) is 4.74. The van der Waals surface area contributed by atoms with Crippen molar-refractivity contribution in [3.8, 4) is 0 Å². The summed E-state index contributed by atoms with van der Waals surface area (Å²) in [6.45, 7) is 4.18. The number of anilines is 1. The second kappa shape index (κ2) is 16.2. The van der Waals surface area contributed by atoms with Crippen LogP contribution in [0, 0.1) is 6.92 Å². The van der Waals surface area contributed by atoms with Crippen LogP contribution in [0.5, 0.6) is 0 Å². The maximum Gasteiger partial charge on any atom is 0.0337 e. The van der Waals surface area contributed by atoms with E-state index in [0.29, 0.717) is 0 Å². The van der Waals surface area contributed by atoms with Crippen molar-refractivity contribution < 1.29 is 0 Å². The molecule has 134 valence electrons. The van der Waals surface area contributed by atoms with E-state index in [4.69, 9.17) is 0 Å². The number of aryl methyl sites for hydroxylation is 2. The molecule has 0 unspecified atom stereocenters. The van der Waals surface area contributed by atoms with Crippen molar-refractivity contribution >= 4 is 5.69 Å². The van der Waals surface area contributed by atoms with E-state index in [1.54, 1.807) is 6.20 Å². The molecule has 25 heavy (non-hydrogen) atoms. The van der Waals surface area contributed by atoms with E-state index in [1.807, 2.05) is 68.7 Å². The Bertz CT molecular complexity index is 571. The molecule has 0 aliphatic rings. The van der Waals surface area contributed by atoms with E-state index in [1.165, 1.54) is 18.2 Å². The molecule has 3 heteroatoms. The van der Waals surface area contributed by atoms with Gasteiger partial charge in [0.05, 0.1) is 0 Å². The molecule has 0 saturated heterocycles. The monoisotopic (exact) mass is 337 g/mol. The van der Waals surface area contributed by atoms with Gasteiger partial charge in [-0.1, -0.05) is 61.5 Å². The predicted octanol–water partition coefficient (Wildman–Crippen LogP) is 4.94. The topological polar surface area (TPSA) is 50.9 Å². The smallest absolute Gasteiger partial charge is 0.0337 e. The average Bonchev–Trinajstić information content (AvgIpc) is 2.72. The Morgan fingerprint density at radius 2 is 1.40 bits per heavy atom. The second-order valence-electron chi connectivity index (χ2n) is 4.99. The van der Waals surface area contributed by atoms with Gasteiger partial charge >= 0.3 is 0 Å². The Hall–Kier alpha value is -2.65. The summed E-state index contributed by atoms with van der Waals surface area (Å²) in [5.41, 5.74) is 8.28. The number of para-hydroxylation sites is 1. The number of rotatable bonds is 2. The maximum atomic E-state index is 4.50. The molecule has 1 heterocycles. The van der Waals surface area contributed by atoms with Crippen LogP contribution in [-0.2, 0) is 6.42 Å². The van der Waals surface area contributed by atoms with Crippen LogP contribution in [0.4, 0.5) is 5.69 Å². The lowest BCUT2D eigenvalue weighted by Gasteiger charge is -1.94. The molecule has 0 amide bonds. The number of hydrogen-bond donors (Lipinski definition) is 2. The van der Waals surface area contributed by atoms with Crippen LogP contribution in [0.25, 0.3) is 0 Å². The van der Waals surface area contributed by atoms with E-state index >= 15 is 0 Å². The first-order chi connectivity index (χ1) is 12.3. The van der Waals surface area contributed by atoms with Gasteiger partial charge in [0.1, 0.15) is 0 Å². The zero-order valence-corrected chi connectivity index (χ0v) is 15.8. The van der Waals surface area contributed by atoms with Crippen molar-refractivity contribution in [2.75, 3.05) is 19.4 Å².